The second-order valence-corrected chi connectivity index (χ2v) is 6.17. The van der Waals surface area contributed by atoms with Gasteiger partial charge in [0.05, 0.1) is 0 Å². The third-order valence-electron chi connectivity index (χ3n) is 3.21. The van der Waals surface area contributed by atoms with Gasteiger partial charge in [-0.15, -0.1) is 0 Å². The van der Waals surface area contributed by atoms with Crippen LogP contribution in [0.5, 0.6) is 0 Å². The number of nitrogens with zero attached hydrogens (tertiary/aromatic N) is 1. The summed E-state index contributed by atoms with van der Waals surface area (Å²) < 4.78 is 0. The molecule has 1 aromatic rings. The van der Waals surface area contributed by atoms with Crippen LogP contribution in [0.2, 0.25) is 0 Å². The number of amides is 2. The highest BCUT2D eigenvalue weighted by molar-refractivity contribution is 7.07. The van der Waals surface area contributed by atoms with Crippen LogP contribution >= 0.6 is 11.3 Å². The molecule has 1 aromatic heterocycles. The fraction of sp³-hybridized carbons (Fsp3) is 0.571. The van der Waals surface area contributed by atoms with Crippen molar-refractivity contribution in [2.24, 2.45) is 5.92 Å². The molecule has 1 aliphatic heterocycles. The summed E-state index contributed by atoms with van der Waals surface area (Å²) in [5, 5.41) is 6.90. The minimum absolute atomic E-state index is 0.0215. The minimum atomic E-state index is -0.367. The van der Waals surface area contributed by atoms with Crippen LogP contribution in [0, 0.1) is 5.92 Å². The van der Waals surface area contributed by atoms with Crippen molar-refractivity contribution in [2.45, 2.75) is 39.3 Å². The number of carbonyl (C=O) groups is 2. The third kappa shape index (κ3) is 3.80. The molecule has 0 bridgehead atoms. The first-order valence-electron chi connectivity index (χ1n) is 6.65. The number of carbonyl (C=O) groups excluding carboxylic acids is 2. The quantitative estimate of drug-likeness (QED) is 0.917. The monoisotopic (exact) mass is 280 g/mol. The SMILES string of the molecule is CC(C)CC1NC(=O)CCN(Cc2ccsc2)C1=O. The van der Waals surface area contributed by atoms with Gasteiger partial charge in [0, 0.05) is 19.5 Å². The van der Waals surface area contributed by atoms with Gasteiger partial charge in [-0.3, -0.25) is 9.59 Å². The second kappa shape index (κ2) is 6.19. The van der Waals surface area contributed by atoms with E-state index in [1.165, 1.54) is 0 Å². The number of nitrogens with one attached hydrogen (secondary N) is 1. The average molecular weight is 280 g/mol. The highest BCUT2D eigenvalue weighted by Crippen LogP contribution is 2.15. The van der Waals surface area contributed by atoms with E-state index in [1.54, 1.807) is 16.2 Å². The second-order valence-electron chi connectivity index (χ2n) is 5.39. The summed E-state index contributed by atoms with van der Waals surface area (Å²) in [4.78, 5) is 25.9. The van der Waals surface area contributed by atoms with E-state index in [0.29, 0.717) is 31.8 Å². The van der Waals surface area contributed by atoms with Crippen LogP contribution in [0.15, 0.2) is 16.8 Å². The molecule has 1 N–H and O–H groups in total. The molecule has 0 spiro atoms. The summed E-state index contributed by atoms with van der Waals surface area (Å²) >= 11 is 1.63. The molecule has 4 nitrogen and oxygen atoms in total. The molecular formula is C14H20N2O2S. The molecule has 2 rings (SSSR count). The van der Waals surface area contributed by atoms with Crippen molar-refractivity contribution in [3.05, 3.63) is 22.4 Å². The molecule has 0 aromatic carbocycles. The zero-order chi connectivity index (χ0) is 13.8. The van der Waals surface area contributed by atoms with Gasteiger partial charge in [0.2, 0.25) is 11.8 Å². The molecule has 0 aliphatic carbocycles. The van der Waals surface area contributed by atoms with Gasteiger partial charge in [0.1, 0.15) is 6.04 Å². The van der Waals surface area contributed by atoms with Crippen molar-refractivity contribution >= 4 is 23.2 Å². The fourth-order valence-corrected chi connectivity index (χ4v) is 2.95. The molecule has 1 saturated heterocycles. The summed E-state index contributed by atoms with van der Waals surface area (Å²) in [6.07, 6.45) is 1.09. The molecule has 19 heavy (non-hydrogen) atoms. The predicted octanol–water partition coefficient (Wildman–Crippen LogP) is 2.01. The van der Waals surface area contributed by atoms with Crippen molar-refractivity contribution in [1.82, 2.24) is 10.2 Å². The van der Waals surface area contributed by atoms with E-state index in [-0.39, 0.29) is 17.9 Å². The van der Waals surface area contributed by atoms with Crippen LogP contribution in [0.1, 0.15) is 32.3 Å². The number of hydrogen-bond donors (Lipinski definition) is 1. The van der Waals surface area contributed by atoms with E-state index in [2.05, 4.69) is 19.2 Å². The highest BCUT2D eigenvalue weighted by atomic mass is 32.1. The van der Waals surface area contributed by atoms with Gasteiger partial charge in [-0.25, -0.2) is 0 Å². The van der Waals surface area contributed by atoms with Crippen LogP contribution in [-0.2, 0) is 16.1 Å². The first-order valence-corrected chi connectivity index (χ1v) is 7.59. The van der Waals surface area contributed by atoms with Gasteiger partial charge in [-0.05, 0) is 34.7 Å². The molecular weight excluding hydrogens is 260 g/mol. The number of thiophene rings is 1. The Balaban J connectivity index is 2.09. The molecule has 1 atom stereocenters. The van der Waals surface area contributed by atoms with Crippen molar-refractivity contribution in [1.29, 1.82) is 0 Å². The maximum atomic E-state index is 12.5. The Morgan fingerprint density at radius 1 is 1.47 bits per heavy atom. The Labute approximate surface area is 117 Å². The van der Waals surface area contributed by atoms with Crippen molar-refractivity contribution in [3.8, 4) is 0 Å². The largest absolute Gasteiger partial charge is 0.344 e. The normalized spacial score (nSPS) is 20.6. The van der Waals surface area contributed by atoms with E-state index in [9.17, 15) is 9.59 Å². The molecule has 2 amide bonds. The maximum absolute atomic E-state index is 12.5. The summed E-state index contributed by atoms with van der Waals surface area (Å²) in [6.45, 7) is 5.24. The molecule has 0 saturated carbocycles. The van der Waals surface area contributed by atoms with Crippen LogP contribution in [-0.4, -0.2) is 29.3 Å². The molecule has 5 heteroatoms. The molecule has 104 valence electrons. The minimum Gasteiger partial charge on any atom is -0.344 e. The average Bonchev–Trinajstić information content (AvgIpc) is 2.80. The van der Waals surface area contributed by atoms with Gasteiger partial charge in [-0.1, -0.05) is 13.8 Å². The van der Waals surface area contributed by atoms with E-state index in [4.69, 9.17) is 0 Å². The Bertz CT molecular complexity index is 442. The van der Waals surface area contributed by atoms with Gasteiger partial charge in [0.15, 0.2) is 0 Å². The molecule has 1 unspecified atom stereocenters. The Morgan fingerprint density at radius 2 is 2.26 bits per heavy atom. The first-order chi connectivity index (χ1) is 9.06. The van der Waals surface area contributed by atoms with Crippen LogP contribution in [0.3, 0.4) is 0 Å². The topological polar surface area (TPSA) is 49.4 Å². The maximum Gasteiger partial charge on any atom is 0.245 e. The van der Waals surface area contributed by atoms with Crippen LogP contribution < -0.4 is 5.32 Å². The molecule has 0 radical (unpaired) electrons. The number of hydrogen-bond acceptors (Lipinski definition) is 3. The first kappa shape index (κ1) is 14.1. The Kier molecular flexibility index (Phi) is 4.58. The summed E-state index contributed by atoms with van der Waals surface area (Å²) in [5.74, 6) is 0.410. The van der Waals surface area contributed by atoms with E-state index < -0.39 is 0 Å². The van der Waals surface area contributed by atoms with E-state index >= 15 is 0 Å². The van der Waals surface area contributed by atoms with Crippen LogP contribution in [0.25, 0.3) is 0 Å². The molecule has 1 fully saturated rings. The molecule has 2 heterocycles. The van der Waals surface area contributed by atoms with Crippen molar-refractivity contribution in [3.63, 3.8) is 0 Å². The third-order valence-corrected chi connectivity index (χ3v) is 3.95. The van der Waals surface area contributed by atoms with Gasteiger partial charge in [0.25, 0.3) is 0 Å². The summed E-state index contributed by atoms with van der Waals surface area (Å²) in [7, 11) is 0. The lowest BCUT2D eigenvalue weighted by atomic mass is 10.0. The smallest absolute Gasteiger partial charge is 0.245 e. The van der Waals surface area contributed by atoms with Gasteiger partial charge < -0.3 is 10.2 Å². The van der Waals surface area contributed by atoms with Crippen molar-refractivity contribution in [2.75, 3.05) is 6.54 Å². The summed E-state index contributed by atoms with van der Waals surface area (Å²) in [6, 6.07) is 1.66. The lowest BCUT2D eigenvalue weighted by Gasteiger charge is -2.24. The lowest BCUT2D eigenvalue weighted by molar-refractivity contribution is -0.134. The number of rotatable bonds is 4. The van der Waals surface area contributed by atoms with Gasteiger partial charge >= 0.3 is 0 Å². The zero-order valence-electron chi connectivity index (χ0n) is 11.4. The zero-order valence-corrected chi connectivity index (χ0v) is 12.2. The van der Waals surface area contributed by atoms with E-state index in [0.717, 1.165) is 5.56 Å². The summed E-state index contributed by atoms with van der Waals surface area (Å²) in [5.41, 5.74) is 1.14. The standard InChI is InChI=1S/C14H20N2O2S/c1-10(2)7-12-14(18)16(5-3-13(17)15-12)8-11-4-6-19-9-11/h4,6,9-10,12H,3,5,7-8H2,1-2H3,(H,15,17). The van der Waals surface area contributed by atoms with Gasteiger partial charge in [-0.2, -0.15) is 11.3 Å². The Morgan fingerprint density at radius 3 is 2.89 bits per heavy atom. The van der Waals surface area contributed by atoms with Crippen molar-refractivity contribution < 1.29 is 9.59 Å². The predicted molar refractivity (Wildman–Crippen MR) is 75.7 cm³/mol. The van der Waals surface area contributed by atoms with Crippen LogP contribution in [0.4, 0.5) is 0 Å². The van der Waals surface area contributed by atoms with E-state index in [1.807, 2.05) is 16.8 Å². The fourth-order valence-electron chi connectivity index (χ4n) is 2.29. The molecule has 1 aliphatic rings. The highest BCUT2D eigenvalue weighted by Gasteiger charge is 2.30. The Hall–Kier alpha value is -1.36. The lowest BCUT2D eigenvalue weighted by Crippen LogP contribution is -2.45.